The number of nitrogens with one attached hydrogen (secondary N) is 3. The van der Waals surface area contributed by atoms with Crippen molar-refractivity contribution in [3.8, 4) is 0 Å². The topological polar surface area (TPSA) is 108 Å². The molecule has 0 spiro atoms. The lowest BCUT2D eigenvalue weighted by Gasteiger charge is -2.23. The summed E-state index contributed by atoms with van der Waals surface area (Å²) >= 11 is 0. The number of amides is 2. The maximum atomic E-state index is 12.7. The Morgan fingerprint density at radius 3 is 2.21 bits per heavy atom. The lowest BCUT2D eigenvalue weighted by Crippen LogP contribution is -2.43. The van der Waals surface area contributed by atoms with Gasteiger partial charge in [-0.1, -0.05) is 36.4 Å². The minimum absolute atomic E-state index is 0.0237. The molecule has 0 aliphatic heterocycles. The van der Waals surface area contributed by atoms with Gasteiger partial charge in [0.25, 0.3) is 0 Å². The molecule has 3 N–H and O–H groups in total. The fourth-order valence-electron chi connectivity index (χ4n) is 3.43. The number of likely N-dealkylation sites (N-methyl/N-ethyl adjacent to an activating group) is 1. The molecule has 2 amide bonds. The van der Waals surface area contributed by atoms with Crippen LogP contribution in [0.15, 0.2) is 71.6 Å². The van der Waals surface area contributed by atoms with E-state index in [4.69, 9.17) is 0 Å². The first-order valence-electron chi connectivity index (χ1n) is 11.0. The number of sulfonamides is 1. The highest BCUT2D eigenvalue weighted by Gasteiger charge is 2.21. The van der Waals surface area contributed by atoms with Crippen molar-refractivity contribution in [3.63, 3.8) is 0 Å². The molecular formula is C25H30N4O4S. The maximum absolute atomic E-state index is 12.7. The fraction of sp³-hybridized carbons (Fsp3) is 0.280. The predicted molar refractivity (Wildman–Crippen MR) is 135 cm³/mol. The Morgan fingerprint density at radius 2 is 1.53 bits per heavy atom. The number of anilines is 2. The quantitative estimate of drug-likeness (QED) is 0.433. The molecule has 0 saturated heterocycles. The van der Waals surface area contributed by atoms with E-state index in [0.29, 0.717) is 5.69 Å². The largest absolute Gasteiger partial charge is 0.325 e. The van der Waals surface area contributed by atoms with E-state index in [-0.39, 0.29) is 29.3 Å². The van der Waals surface area contributed by atoms with Gasteiger partial charge in [-0.25, -0.2) is 13.1 Å². The van der Waals surface area contributed by atoms with Crippen LogP contribution in [0.3, 0.4) is 0 Å². The predicted octanol–water partition coefficient (Wildman–Crippen LogP) is 3.42. The molecule has 0 aliphatic rings. The third-order valence-electron chi connectivity index (χ3n) is 5.32. The minimum Gasteiger partial charge on any atom is -0.325 e. The Hall–Kier alpha value is -3.27. The van der Waals surface area contributed by atoms with Crippen molar-refractivity contribution in [1.82, 2.24) is 9.62 Å². The lowest BCUT2D eigenvalue weighted by molar-refractivity contribution is -0.122. The zero-order chi connectivity index (χ0) is 24.9. The molecule has 1 atom stereocenters. The summed E-state index contributed by atoms with van der Waals surface area (Å²) in [6.45, 7) is 5.21. The smallest absolute Gasteiger partial charge is 0.241 e. The van der Waals surface area contributed by atoms with Gasteiger partial charge in [0.1, 0.15) is 0 Å². The summed E-state index contributed by atoms with van der Waals surface area (Å²) < 4.78 is 27.0. The van der Waals surface area contributed by atoms with E-state index < -0.39 is 16.1 Å². The van der Waals surface area contributed by atoms with E-state index in [1.54, 1.807) is 32.7 Å². The summed E-state index contributed by atoms with van der Waals surface area (Å²) in [7, 11) is -1.91. The molecule has 0 aliphatic carbocycles. The standard InChI is InChI=1S/C25H30N4O4S/c1-17(2)28-34(32,33)21-14-12-20(13-15-21)26-25(31)18(3)29(4)16-24(30)27-23-11-7-9-19-8-5-6-10-22(19)23/h5-15,17-18,28H,16H2,1-4H3,(H,26,31)(H,27,30). The van der Waals surface area contributed by atoms with Crippen molar-refractivity contribution in [2.45, 2.75) is 37.8 Å². The molecule has 0 saturated carbocycles. The van der Waals surface area contributed by atoms with Crippen LogP contribution in [0.4, 0.5) is 11.4 Å². The average Bonchev–Trinajstić information content (AvgIpc) is 2.78. The van der Waals surface area contributed by atoms with E-state index in [2.05, 4.69) is 15.4 Å². The Labute approximate surface area is 200 Å². The highest BCUT2D eigenvalue weighted by Crippen LogP contribution is 2.23. The number of hydrogen-bond acceptors (Lipinski definition) is 5. The Bertz CT molecular complexity index is 1270. The molecule has 0 heterocycles. The van der Waals surface area contributed by atoms with Gasteiger partial charge in [-0.15, -0.1) is 0 Å². The van der Waals surface area contributed by atoms with Gasteiger partial charge in [-0.3, -0.25) is 14.5 Å². The van der Waals surface area contributed by atoms with Crippen LogP contribution < -0.4 is 15.4 Å². The van der Waals surface area contributed by atoms with Gasteiger partial charge < -0.3 is 10.6 Å². The first kappa shape index (κ1) is 25.4. The second-order valence-electron chi connectivity index (χ2n) is 8.46. The molecule has 34 heavy (non-hydrogen) atoms. The number of fused-ring (bicyclic) bond motifs is 1. The van der Waals surface area contributed by atoms with Crippen LogP contribution in [-0.2, 0) is 19.6 Å². The SMILES string of the molecule is CC(C)NS(=O)(=O)c1ccc(NC(=O)C(C)N(C)CC(=O)Nc2cccc3ccccc23)cc1. The number of benzene rings is 3. The zero-order valence-electron chi connectivity index (χ0n) is 19.7. The minimum atomic E-state index is -3.60. The first-order chi connectivity index (χ1) is 16.1. The third-order valence-corrected chi connectivity index (χ3v) is 6.99. The van der Waals surface area contributed by atoms with E-state index in [0.717, 1.165) is 16.5 Å². The molecule has 3 rings (SSSR count). The molecule has 9 heteroatoms. The molecule has 0 fully saturated rings. The summed E-state index contributed by atoms with van der Waals surface area (Å²) in [4.78, 5) is 27.1. The number of carbonyl (C=O) groups is 2. The molecule has 180 valence electrons. The number of nitrogens with zero attached hydrogens (tertiary/aromatic N) is 1. The van der Waals surface area contributed by atoms with Crippen molar-refractivity contribution in [2.75, 3.05) is 24.2 Å². The molecule has 0 aromatic heterocycles. The van der Waals surface area contributed by atoms with Crippen LogP contribution in [0.1, 0.15) is 20.8 Å². The maximum Gasteiger partial charge on any atom is 0.241 e. The van der Waals surface area contributed by atoms with Crippen LogP contribution in [0.5, 0.6) is 0 Å². The van der Waals surface area contributed by atoms with Gasteiger partial charge in [0.15, 0.2) is 0 Å². The summed E-state index contributed by atoms with van der Waals surface area (Å²) in [5.41, 5.74) is 1.18. The van der Waals surface area contributed by atoms with Gasteiger partial charge in [0.2, 0.25) is 21.8 Å². The summed E-state index contributed by atoms with van der Waals surface area (Å²) in [5.74, 6) is -0.540. The summed E-state index contributed by atoms with van der Waals surface area (Å²) in [5, 5.41) is 7.65. The van der Waals surface area contributed by atoms with E-state index >= 15 is 0 Å². The Balaban J connectivity index is 1.58. The van der Waals surface area contributed by atoms with Gasteiger partial charge >= 0.3 is 0 Å². The van der Waals surface area contributed by atoms with E-state index in [1.807, 2.05) is 42.5 Å². The van der Waals surface area contributed by atoms with E-state index in [9.17, 15) is 18.0 Å². The Kier molecular flexibility index (Phi) is 8.03. The Morgan fingerprint density at radius 1 is 0.882 bits per heavy atom. The molecule has 3 aromatic rings. The van der Waals surface area contributed by atoms with Crippen molar-refractivity contribution in [3.05, 3.63) is 66.7 Å². The highest BCUT2D eigenvalue weighted by atomic mass is 32.2. The van der Waals surface area contributed by atoms with Gasteiger partial charge in [0, 0.05) is 22.8 Å². The number of rotatable bonds is 9. The number of hydrogen-bond donors (Lipinski definition) is 3. The van der Waals surface area contributed by atoms with Gasteiger partial charge in [0.05, 0.1) is 17.5 Å². The van der Waals surface area contributed by atoms with Gasteiger partial charge in [-0.05, 0) is 63.5 Å². The molecule has 0 radical (unpaired) electrons. The summed E-state index contributed by atoms with van der Waals surface area (Å²) in [6, 6.07) is 18.6. The first-order valence-corrected chi connectivity index (χ1v) is 12.5. The average molecular weight is 483 g/mol. The fourth-order valence-corrected chi connectivity index (χ4v) is 4.68. The van der Waals surface area contributed by atoms with Crippen LogP contribution in [0, 0.1) is 0 Å². The van der Waals surface area contributed by atoms with Crippen LogP contribution in [0.2, 0.25) is 0 Å². The second kappa shape index (κ2) is 10.8. The molecule has 0 bridgehead atoms. The molecule has 8 nitrogen and oxygen atoms in total. The van der Waals surface area contributed by atoms with E-state index in [1.165, 1.54) is 24.3 Å². The molecular weight excluding hydrogens is 452 g/mol. The highest BCUT2D eigenvalue weighted by molar-refractivity contribution is 7.89. The second-order valence-corrected chi connectivity index (χ2v) is 10.2. The van der Waals surface area contributed by atoms with Crippen molar-refractivity contribution in [2.24, 2.45) is 0 Å². The third kappa shape index (κ3) is 6.40. The summed E-state index contributed by atoms with van der Waals surface area (Å²) in [6.07, 6.45) is 0. The normalized spacial score (nSPS) is 12.6. The van der Waals surface area contributed by atoms with Crippen molar-refractivity contribution in [1.29, 1.82) is 0 Å². The molecule has 3 aromatic carbocycles. The van der Waals surface area contributed by atoms with Crippen LogP contribution >= 0.6 is 0 Å². The monoisotopic (exact) mass is 482 g/mol. The van der Waals surface area contributed by atoms with Gasteiger partial charge in [-0.2, -0.15) is 0 Å². The van der Waals surface area contributed by atoms with Crippen molar-refractivity contribution < 1.29 is 18.0 Å². The number of carbonyl (C=O) groups excluding carboxylic acids is 2. The zero-order valence-corrected chi connectivity index (χ0v) is 20.5. The molecule has 1 unspecified atom stereocenters. The lowest BCUT2D eigenvalue weighted by atomic mass is 10.1. The van der Waals surface area contributed by atoms with Crippen LogP contribution in [-0.4, -0.2) is 50.8 Å². The van der Waals surface area contributed by atoms with Crippen LogP contribution in [0.25, 0.3) is 10.8 Å². The van der Waals surface area contributed by atoms with Crippen molar-refractivity contribution >= 4 is 44.0 Å².